The summed E-state index contributed by atoms with van der Waals surface area (Å²) >= 11 is 1.49. The monoisotopic (exact) mass is 704 g/mol. The van der Waals surface area contributed by atoms with Crippen LogP contribution < -0.4 is 0 Å². The minimum atomic E-state index is -6.72. The molecule has 0 aromatic rings. The Balaban J connectivity index is 6.14. The van der Waals surface area contributed by atoms with Gasteiger partial charge in [-0.15, -0.1) is 0 Å². The van der Waals surface area contributed by atoms with Gasteiger partial charge in [-0.2, -0.15) is 52.7 Å². The number of hydrogen-bond acceptors (Lipinski definition) is 8. The van der Waals surface area contributed by atoms with Gasteiger partial charge in [-0.05, 0) is 13.3 Å². The van der Waals surface area contributed by atoms with Gasteiger partial charge in [0.2, 0.25) is 0 Å². The number of rotatable bonds is 10. The summed E-state index contributed by atoms with van der Waals surface area (Å²) in [5, 5.41) is 18.0. The molecule has 2 N–H and O–H groups in total. The third kappa shape index (κ3) is 7.66. The highest BCUT2D eigenvalue weighted by Gasteiger charge is 2.78. The summed E-state index contributed by atoms with van der Waals surface area (Å²) in [7, 11) is 0. The smallest absolute Gasteiger partial charge is 0.437 e. The molecule has 0 radical (unpaired) electrons. The van der Waals surface area contributed by atoms with Crippen molar-refractivity contribution in [1.82, 2.24) is 0 Å². The summed E-state index contributed by atoms with van der Waals surface area (Å²) in [6.45, 7) is -3.05. The Morgan fingerprint density at radius 3 is 1.16 bits per heavy atom. The second-order valence-corrected chi connectivity index (χ2v) is 9.36. The Morgan fingerprint density at radius 2 is 0.921 bits per heavy atom. The van der Waals surface area contributed by atoms with Crippen LogP contribution in [0.15, 0.2) is 0 Å². The zero-order chi connectivity index (χ0) is 30.8. The molecule has 1 atom stereocenters. The van der Waals surface area contributed by atoms with E-state index in [9.17, 15) is 67.1 Å². The minimum Gasteiger partial charge on any atom is -0.464 e. The van der Waals surface area contributed by atoms with Crippen LogP contribution in [0.2, 0.25) is 0 Å². The lowest BCUT2D eigenvalue weighted by Crippen LogP contribution is -2.63. The fourth-order valence-electron chi connectivity index (χ4n) is 2.10. The van der Waals surface area contributed by atoms with Gasteiger partial charge in [0, 0.05) is 0 Å². The van der Waals surface area contributed by atoms with Crippen molar-refractivity contribution in [3.05, 3.63) is 0 Å². The fourth-order valence-corrected chi connectivity index (χ4v) is 2.28. The highest BCUT2D eigenvalue weighted by molar-refractivity contribution is 14.1. The number of halogens is 13. The van der Waals surface area contributed by atoms with E-state index in [0.717, 1.165) is 0 Å². The minimum absolute atomic E-state index is 0.0779. The Bertz CT molecular complexity index is 783. The normalized spacial score (nSPS) is 15.1. The largest absolute Gasteiger partial charge is 0.464 e. The molecule has 38 heavy (non-hydrogen) atoms. The maximum atomic E-state index is 12.8. The summed E-state index contributed by atoms with van der Waals surface area (Å²) < 4.78 is 165. The van der Waals surface area contributed by atoms with Crippen LogP contribution >= 0.6 is 22.6 Å². The van der Waals surface area contributed by atoms with Crippen molar-refractivity contribution >= 4 is 40.5 Å². The van der Waals surface area contributed by atoms with Crippen LogP contribution in [0.1, 0.15) is 20.3 Å². The Kier molecular flexibility index (Phi) is 11.2. The van der Waals surface area contributed by atoms with E-state index in [1.165, 1.54) is 29.5 Å². The summed E-state index contributed by atoms with van der Waals surface area (Å²) in [6.07, 6.45) is -26.8. The maximum Gasteiger partial charge on any atom is 0.437 e. The molecular weight excluding hydrogens is 687 g/mol. The molecule has 0 saturated carbocycles. The van der Waals surface area contributed by atoms with Crippen molar-refractivity contribution in [3.8, 4) is 0 Å². The van der Waals surface area contributed by atoms with Crippen molar-refractivity contribution in [2.24, 2.45) is 5.41 Å². The third-order valence-electron chi connectivity index (χ3n) is 4.51. The lowest BCUT2D eigenvalue weighted by molar-refractivity contribution is -0.357. The van der Waals surface area contributed by atoms with Gasteiger partial charge in [0.15, 0.2) is 0 Å². The Labute approximate surface area is 217 Å². The summed E-state index contributed by atoms with van der Waals surface area (Å²) in [6, 6.07) is 0. The second-order valence-electron chi connectivity index (χ2n) is 7.86. The number of alkyl halides is 13. The number of ether oxygens (including phenoxy) is 3. The Morgan fingerprint density at radius 1 is 0.658 bits per heavy atom. The predicted molar refractivity (Wildman–Crippen MR) is 103 cm³/mol. The van der Waals surface area contributed by atoms with Crippen LogP contribution in [-0.2, 0) is 28.6 Å². The SMILES string of the molecule is CCC(I)C(=O)OCC(C)(COC(=O)C(O)(C(F)(F)F)C(F)(F)F)COC(=O)C(O)(C(F)(F)F)C(F)(F)F. The first-order valence-electron chi connectivity index (χ1n) is 9.49. The van der Waals surface area contributed by atoms with Gasteiger partial charge >= 0.3 is 53.8 Å². The molecule has 0 heterocycles. The van der Waals surface area contributed by atoms with E-state index in [1.54, 1.807) is 0 Å². The molecule has 0 aliphatic rings. The van der Waals surface area contributed by atoms with Gasteiger partial charge < -0.3 is 24.4 Å². The van der Waals surface area contributed by atoms with Crippen molar-refractivity contribution in [3.63, 3.8) is 0 Å². The Hall–Kier alpha value is -1.78. The van der Waals surface area contributed by atoms with Gasteiger partial charge in [-0.1, -0.05) is 29.5 Å². The van der Waals surface area contributed by atoms with Crippen LogP contribution in [0.5, 0.6) is 0 Å². The van der Waals surface area contributed by atoms with E-state index in [-0.39, 0.29) is 6.42 Å². The molecule has 0 aliphatic heterocycles. The van der Waals surface area contributed by atoms with E-state index in [0.29, 0.717) is 6.92 Å². The molecule has 1 unspecified atom stereocenters. The lowest BCUT2D eigenvalue weighted by Gasteiger charge is -2.34. The molecule has 0 spiro atoms. The molecule has 8 nitrogen and oxygen atoms in total. The second kappa shape index (κ2) is 11.8. The molecular formula is C17H17F12IO8. The molecule has 0 aromatic heterocycles. The maximum absolute atomic E-state index is 12.8. The zero-order valence-electron chi connectivity index (χ0n) is 18.7. The van der Waals surface area contributed by atoms with Crippen molar-refractivity contribution in [2.45, 2.75) is 60.1 Å². The molecule has 0 bridgehead atoms. The molecule has 21 heteroatoms. The van der Waals surface area contributed by atoms with E-state index < -0.39 is 83.0 Å². The van der Waals surface area contributed by atoms with E-state index >= 15 is 0 Å². The first-order valence-corrected chi connectivity index (χ1v) is 10.7. The number of esters is 3. The van der Waals surface area contributed by atoms with Crippen molar-refractivity contribution < 1.29 is 91.5 Å². The summed E-state index contributed by atoms with van der Waals surface area (Å²) in [4.78, 5) is 35.0. The predicted octanol–water partition coefficient (Wildman–Crippen LogP) is 3.55. The molecule has 224 valence electrons. The van der Waals surface area contributed by atoms with Crippen LogP contribution in [0, 0.1) is 5.41 Å². The molecule has 0 aliphatic carbocycles. The number of hydrogen-bond donors (Lipinski definition) is 2. The summed E-state index contributed by atoms with van der Waals surface area (Å²) in [5.41, 5.74) is -14.9. The zero-order valence-corrected chi connectivity index (χ0v) is 20.8. The first kappa shape index (κ1) is 36.2. The van der Waals surface area contributed by atoms with E-state index in [2.05, 4.69) is 14.2 Å². The van der Waals surface area contributed by atoms with E-state index in [4.69, 9.17) is 10.2 Å². The van der Waals surface area contributed by atoms with E-state index in [1.807, 2.05) is 0 Å². The van der Waals surface area contributed by atoms with Crippen molar-refractivity contribution in [1.29, 1.82) is 0 Å². The topological polar surface area (TPSA) is 119 Å². The molecule has 0 amide bonds. The molecule has 0 rings (SSSR count). The van der Waals surface area contributed by atoms with Crippen LogP contribution in [-0.4, -0.2) is 87.8 Å². The number of carbonyl (C=O) groups excluding carboxylic acids is 3. The van der Waals surface area contributed by atoms with Gasteiger partial charge in [-0.25, -0.2) is 9.59 Å². The highest BCUT2D eigenvalue weighted by atomic mass is 127. The van der Waals surface area contributed by atoms with Crippen LogP contribution in [0.4, 0.5) is 52.7 Å². The van der Waals surface area contributed by atoms with Crippen LogP contribution in [0.25, 0.3) is 0 Å². The molecule has 0 saturated heterocycles. The standard InChI is InChI=1S/C17H17F12IO8/c1-3-7(30)8(31)36-4-11(2,5-37-9(32)12(34,14(18,19)20)15(21,22)23)6-38-10(33)13(35,16(24,25)26)17(27,28)29/h7,34-35H,3-6H2,1-2H3. The van der Waals surface area contributed by atoms with Gasteiger partial charge in [0.1, 0.15) is 23.7 Å². The fraction of sp³-hybridized carbons (Fsp3) is 0.824. The number of aliphatic hydroxyl groups is 2. The first-order chi connectivity index (χ1) is 16.6. The van der Waals surface area contributed by atoms with Crippen LogP contribution in [0.3, 0.4) is 0 Å². The number of carbonyl (C=O) groups is 3. The lowest BCUT2D eigenvalue weighted by atomic mass is 9.93. The molecule has 0 fully saturated rings. The van der Waals surface area contributed by atoms with Crippen molar-refractivity contribution in [2.75, 3.05) is 19.8 Å². The summed E-state index contributed by atoms with van der Waals surface area (Å²) in [5.74, 6) is -8.01. The van der Waals surface area contributed by atoms with Gasteiger partial charge in [-0.3, -0.25) is 4.79 Å². The molecule has 0 aromatic carbocycles. The quantitative estimate of drug-likeness (QED) is 0.117. The van der Waals surface area contributed by atoms with Gasteiger partial charge in [0.25, 0.3) is 0 Å². The third-order valence-corrected chi connectivity index (χ3v) is 5.90. The average molecular weight is 704 g/mol. The van der Waals surface area contributed by atoms with Gasteiger partial charge in [0.05, 0.1) is 5.41 Å². The highest BCUT2D eigenvalue weighted by Crippen LogP contribution is 2.45. The average Bonchev–Trinajstić information content (AvgIpc) is 2.74.